The van der Waals surface area contributed by atoms with Crippen molar-refractivity contribution in [3.63, 3.8) is 0 Å². The van der Waals surface area contributed by atoms with E-state index in [2.05, 4.69) is 0 Å². The molecule has 0 aliphatic rings. The van der Waals surface area contributed by atoms with Gasteiger partial charge in [0.25, 0.3) is 0 Å². The third kappa shape index (κ3) is 3.45. The number of rotatable bonds is 5. The van der Waals surface area contributed by atoms with Crippen molar-refractivity contribution in [3.8, 4) is 11.5 Å². The van der Waals surface area contributed by atoms with E-state index in [4.69, 9.17) is 15.2 Å². The van der Waals surface area contributed by atoms with Crippen LogP contribution in [0.3, 0.4) is 0 Å². The molecule has 0 aromatic heterocycles. The molecule has 2 aromatic rings. The third-order valence-corrected chi connectivity index (χ3v) is 2.72. The molecule has 0 amide bonds. The summed E-state index contributed by atoms with van der Waals surface area (Å²) in [5.41, 5.74) is 7.00. The van der Waals surface area contributed by atoms with Gasteiger partial charge in [-0.2, -0.15) is 0 Å². The van der Waals surface area contributed by atoms with E-state index >= 15 is 0 Å². The lowest BCUT2D eigenvalue weighted by Crippen LogP contribution is -2.02. The molecule has 0 fully saturated rings. The largest absolute Gasteiger partial charge is 0.493 e. The summed E-state index contributed by atoms with van der Waals surface area (Å²) in [6, 6.07) is 12.0. The number of benzene rings is 2. The van der Waals surface area contributed by atoms with Crippen LogP contribution >= 0.6 is 0 Å². The van der Waals surface area contributed by atoms with Crippen molar-refractivity contribution in [1.29, 1.82) is 0 Å². The van der Waals surface area contributed by atoms with Gasteiger partial charge in [0.05, 0.1) is 7.11 Å². The second kappa shape index (κ2) is 6.20. The molecule has 2 N–H and O–H groups in total. The maximum Gasteiger partial charge on any atom is 0.161 e. The molecule has 0 bridgehead atoms. The average Bonchev–Trinajstić information content (AvgIpc) is 2.44. The maximum atomic E-state index is 13.4. The van der Waals surface area contributed by atoms with Gasteiger partial charge in [-0.25, -0.2) is 4.39 Å². The first-order valence-corrected chi connectivity index (χ1v) is 5.97. The topological polar surface area (TPSA) is 44.5 Å². The monoisotopic (exact) mass is 261 g/mol. The Labute approximate surface area is 111 Å². The van der Waals surface area contributed by atoms with Crippen LogP contribution in [0.4, 0.5) is 4.39 Å². The number of ether oxygens (including phenoxy) is 2. The van der Waals surface area contributed by atoms with Crippen molar-refractivity contribution < 1.29 is 13.9 Å². The first-order valence-electron chi connectivity index (χ1n) is 5.97. The average molecular weight is 261 g/mol. The number of nitrogens with two attached hydrogens (primary N) is 1. The third-order valence-electron chi connectivity index (χ3n) is 2.72. The molecule has 19 heavy (non-hydrogen) atoms. The Balaban J connectivity index is 2.12. The van der Waals surface area contributed by atoms with Crippen LogP contribution in [0.1, 0.15) is 11.1 Å². The lowest BCUT2D eigenvalue weighted by Gasteiger charge is -2.11. The molecule has 0 radical (unpaired) electrons. The fourth-order valence-electron chi connectivity index (χ4n) is 1.82. The standard InChI is InChI=1S/C15H16FNO2/c1-18-14-4-2-3-5-15(14)19-10-12-6-11(9-17)7-13(16)8-12/h2-8H,9-10,17H2,1H3. The van der Waals surface area contributed by atoms with Crippen LogP contribution in [-0.4, -0.2) is 7.11 Å². The lowest BCUT2D eigenvalue weighted by atomic mass is 10.1. The number of hydrogen-bond donors (Lipinski definition) is 1. The van der Waals surface area contributed by atoms with E-state index < -0.39 is 0 Å². The highest BCUT2D eigenvalue weighted by molar-refractivity contribution is 5.39. The predicted molar refractivity (Wildman–Crippen MR) is 71.6 cm³/mol. The van der Waals surface area contributed by atoms with Crippen LogP contribution < -0.4 is 15.2 Å². The minimum atomic E-state index is -0.304. The van der Waals surface area contributed by atoms with Crippen LogP contribution in [0.15, 0.2) is 42.5 Å². The van der Waals surface area contributed by atoms with Crippen molar-refractivity contribution in [1.82, 2.24) is 0 Å². The van der Waals surface area contributed by atoms with Gasteiger partial charge < -0.3 is 15.2 Å². The number of halogens is 1. The molecule has 0 saturated carbocycles. The van der Waals surface area contributed by atoms with Crippen LogP contribution in [0.5, 0.6) is 11.5 Å². The highest BCUT2D eigenvalue weighted by atomic mass is 19.1. The minimum absolute atomic E-state index is 0.269. The molecule has 0 aliphatic carbocycles. The van der Waals surface area contributed by atoms with E-state index in [-0.39, 0.29) is 12.4 Å². The van der Waals surface area contributed by atoms with E-state index in [1.165, 1.54) is 12.1 Å². The van der Waals surface area contributed by atoms with Gasteiger partial charge in [-0.15, -0.1) is 0 Å². The normalized spacial score (nSPS) is 10.3. The molecule has 2 rings (SSSR count). The summed E-state index contributed by atoms with van der Waals surface area (Å²) < 4.78 is 24.2. The van der Waals surface area contributed by atoms with E-state index in [0.29, 0.717) is 18.0 Å². The van der Waals surface area contributed by atoms with E-state index in [1.807, 2.05) is 30.3 Å². The highest BCUT2D eigenvalue weighted by Gasteiger charge is 2.05. The van der Waals surface area contributed by atoms with Gasteiger partial charge in [0, 0.05) is 6.54 Å². The Bertz CT molecular complexity index is 558. The SMILES string of the molecule is COc1ccccc1OCc1cc(F)cc(CN)c1. The van der Waals surface area contributed by atoms with Gasteiger partial charge in [-0.05, 0) is 35.4 Å². The van der Waals surface area contributed by atoms with Crippen LogP contribution in [0.25, 0.3) is 0 Å². The Morgan fingerprint density at radius 1 is 1.05 bits per heavy atom. The summed E-state index contributed by atoms with van der Waals surface area (Å²) in [7, 11) is 1.58. The lowest BCUT2D eigenvalue weighted by molar-refractivity contribution is 0.284. The van der Waals surface area contributed by atoms with Crippen molar-refractivity contribution in [2.75, 3.05) is 7.11 Å². The molecule has 4 heteroatoms. The summed E-state index contributed by atoms with van der Waals surface area (Å²) in [5.74, 6) is 0.975. The Morgan fingerprint density at radius 2 is 1.74 bits per heavy atom. The van der Waals surface area contributed by atoms with Gasteiger partial charge in [0.2, 0.25) is 0 Å². The summed E-state index contributed by atoms with van der Waals surface area (Å²) in [6.45, 7) is 0.574. The molecule has 2 aromatic carbocycles. The number of para-hydroxylation sites is 2. The number of methoxy groups -OCH3 is 1. The fourth-order valence-corrected chi connectivity index (χ4v) is 1.82. The molecule has 0 saturated heterocycles. The molecular weight excluding hydrogens is 245 g/mol. The zero-order valence-electron chi connectivity index (χ0n) is 10.7. The van der Waals surface area contributed by atoms with Crippen LogP contribution in [-0.2, 0) is 13.2 Å². The molecular formula is C15H16FNO2. The molecule has 0 heterocycles. The van der Waals surface area contributed by atoms with Crippen molar-refractivity contribution in [3.05, 3.63) is 59.4 Å². The Morgan fingerprint density at radius 3 is 2.42 bits per heavy atom. The summed E-state index contributed by atoms with van der Waals surface area (Å²) in [6.07, 6.45) is 0. The minimum Gasteiger partial charge on any atom is -0.493 e. The second-order valence-corrected chi connectivity index (χ2v) is 4.11. The number of hydrogen-bond acceptors (Lipinski definition) is 3. The molecule has 0 unspecified atom stereocenters. The first-order chi connectivity index (χ1) is 9.22. The second-order valence-electron chi connectivity index (χ2n) is 4.11. The zero-order chi connectivity index (χ0) is 13.7. The smallest absolute Gasteiger partial charge is 0.161 e. The van der Waals surface area contributed by atoms with Gasteiger partial charge in [-0.1, -0.05) is 18.2 Å². The highest BCUT2D eigenvalue weighted by Crippen LogP contribution is 2.26. The molecule has 0 atom stereocenters. The van der Waals surface area contributed by atoms with Crippen molar-refractivity contribution in [2.24, 2.45) is 5.73 Å². The molecule has 100 valence electrons. The fraction of sp³-hybridized carbons (Fsp3) is 0.200. The van der Waals surface area contributed by atoms with Gasteiger partial charge in [0.15, 0.2) is 11.5 Å². The summed E-state index contributed by atoms with van der Waals surface area (Å²) in [5, 5.41) is 0. The summed E-state index contributed by atoms with van der Waals surface area (Å²) >= 11 is 0. The van der Waals surface area contributed by atoms with Crippen LogP contribution in [0, 0.1) is 5.82 Å². The Kier molecular flexibility index (Phi) is 4.36. The molecule has 0 aliphatic heterocycles. The first kappa shape index (κ1) is 13.4. The van der Waals surface area contributed by atoms with Crippen LogP contribution in [0.2, 0.25) is 0 Å². The summed E-state index contributed by atoms with van der Waals surface area (Å²) in [4.78, 5) is 0. The van der Waals surface area contributed by atoms with Crippen molar-refractivity contribution >= 4 is 0 Å². The Hall–Kier alpha value is -2.07. The van der Waals surface area contributed by atoms with E-state index in [1.54, 1.807) is 7.11 Å². The quantitative estimate of drug-likeness (QED) is 0.900. The zero-order valence-corrected chi connectivity index (χ0v) is 10.7. The van der Waals surface area contributed by atoms with Crippen molar-refractivity contribution in [2.45, 2.75) is 13.2 Å². The van der Waals surface area contributed by atoms with Gasteiger partial charge in [0.1, 0.15) is 12.4 Å². The molecule has 3 nitrogen and oxygen atoms in total. The molecule has 0 spiro atoms. The van der Waals surface area contributed by atoms with E-state index in [0.717, 1.165) is 11.1 Å². The maximum absolute atomic E-state index is 13.4. The predicted octanol–water partition coefficient (Wildman–Crippen LogP) is 2.87. The van der Waals surface area contributed by atoms with Gasteiger partial charge in [-0.3, -0.25) is 0 Å². The van der Waals surface area contributed by atoms with Gasteiger partial charge >= 0.3 is 0 Å². The van der Waals surface area contributed by atoms with E-state index in [9.17, 15) is 4.39 Å².